The maximum atomic E-state index is 5.23. The Balaban J connectivity index is 3.39. The Hall–Kier alpha value is 0.270. The number of hydrogen-bond acceptors (Lipinski definition) is 2. The lowest BCUT2D eigenvalue weighted by atomic mass is 10.3. The molecule has 0 fully saturated rings. The Morgan fingerprint density at radius 2 is 2.10 bits per heavy atom. The number of hydrogen-bond donors (Lipinski definition) is 0. The average molecular weight is 163 g/mol. The lowest BCUT2D eigenvalue weighted by Gasteiger charge is -2.16. The lowest BCUT2D eigenvalue weighted by molar-refractivity contribution is -0.132. The van der Waals surface area contributed by atoms with Crippen LogP contribution in [0.1, 0.15) is 26.7 Å². The van der Waals surface area contributed by atoms with Gasteiger partial charge < -0.3 is 9.47 Å². The van der Waals surface area contributed by atoms with Gasteiger partial charge >= 0.3 is 0 Å². The van der Waals surface area contributed by atoms with Gasteiger partial charge in [0, 0.05) is 7.11 Å². The fourth-order valence-corrected chi connectivity index (χ4v) is 0.815. The predicted octanol–water partition coefficient (Wildman–Crippen LogP) is 2.32. The summed E-state index contributed by atoms with van der Waals surface area (Å²) in [6, 6.07) is 0. The van der Waals surface area contributed by atoms with Crippen molar-refractivity contribution in [3.05, 3.63) is 0 Å². The van der Waals surface area contributed by atoms with Crippen LogP contribution in [0.5, 0.6) is 0 Å². The van der Waals surface area contributed by atoms with Crippen LogP contribution in [0.25, 0.3) is 0 Å². The third kappa shape index (κ3) is 5.09. The van der Waals surface area contributed by atoms with Crippen LogP contribution in [0.4, 0.5) is 0 Å². The molecule has 10 heavy (non-hydrogen) atoms. The fraction of sp³-hybridized carbons (Fsp3) is 1.00. The summed E-state index contributed by atoms with van der Waals surface area (Å²) in [6.07, 6.45) is 1.86. The van der Waals surface area contributed by atoms with Crippen molar-refractivity contribution in [2.75, 3.05) is 7.11 Å². The van der Waals surface area contributed by atoms with E-state index in [0.717, 1.165) is 12.8 Å². The largest absolute Gasteiger partial charge is 0.356 e. The molecule has 0 aliphatic rings. The smallest absolute Gasteiger partial charge is 0.158 e. The van der Waals surface area contributed by atoms with E-state index in [9.17, 15) is 0 Å². The summed E-state index contributed by atoms with van der Waals surface area (Å²) in [7, 11) is 1.64. The normalized spacial score (nSPS) is 16.8. The van der Waals surface area contributed by atoms with Crippen molar-refractivity contribution >= 4 is 12.6 Å². The molecule has 0 saturated carbocycles. The zero-order valence-corrected chi connectivity index (χ0v) is 7.61. The van der Waals surface area contributed by atoms with Gasteiger partial charge in [-0.1, -0.05) is 26.0 Å². The van der Waals surface area contributed by atoms with Crippen molar-refractivity contribution in [3.8, 4) is 0 Å². The highest BCUT2D eigenvalue weighted by Crippen LogP contribution is 2.07. The number of methoxy groups -OCH3 is 1. The SMILES string of the molecule is CCCC(OC)OC(C)[S]. The summed E-state index contributed by atoms with van der Waals surface area (Å²) in [5.74, 6) is 0. The topological polar surface area (TPSA) is 18.5 Å². The summed E-state index contributed by atoms with van der Waals surface area (Å²) >= 11 is 4.83. The Bertz CT molecular complexity index is 76.0. The first-order valence-corrected chi connectivity index (χ1v) is 4.02. The molecule has 0 aromatic carbocycles. The minimum atomic E-state index is -0.156. The second-order valence-corrected chi connectivity index (χ2v) is 2.82. The molecule has 0 aliphatic heterocycles. The van der Waals surface area contributed by atoms with E-state index in [4.69, 9.17) is 22.1 Å². The van der Waals surface area contributed by atoms with Crippen LogP contribution < -0.4 is 0 Å². The molecule has 0 rings (SSSR count). The predicted molar refractivity (Wildman–Crippen MR) is 43.8 cm³/mol. The van der Waals surface area contributed by atoms with E-state index in [1.54, 1.807) is 7.11 Å². The van der Waals surface area contributed by atoms with E-state index in [-0.39, 0.29) is 11.7 Å². The first-order valence-electron chi connectivity index (χ1n) is 3.54. The van der Waals surface area contributed by atoms with Crippen molar-refractivity contribution < 1.29 is 9.47 Å². The van der Waals surface area contributed by atoms with Gasteiger partial charge in [0.05, 0.1) is 0 Å². The van der Waals surface area contributed by atoms with Gasteiger partial charge in [0.2, 0.25) is 0 Å². The molecule has 0 N–H and O–H groups in total. The van der Waals surface area contributed by atoms with Crippen LogP contribution in [0.2, 0.25) is 0 Å². The molecule has 0 amide bonds. The van der Waals surface area contributed by atoms with Crippen LogP contribution >= 0.6 is 12.6 Å². The molecule has 0 saturated heterocycles. The van der Waals surface area contributed by atoms with Crippen molar-refractivity contribution in [1.29, 1.82) is 0 Å². The first-order chi connectivity index (χ1) is 4.70. The summed E-state index contributed by atoms with van der Waals surface area (Å²) in [6.45, 7) is 3.92. The highest BCUT2D eigenvalue weighted by Gasteiger charge is 2.07. The molecule has 2 unspecified atom stereocenters. The van der Waals surface area contributed by atoms with Gasteiger partial charge in [-0.2, -0.15) is 0 Å². The monoisotopic (exact) mass is 163 g/mol. The fourth-order valence-electron chi connectivity index (χ4n) is 0.691. The summed E-state index contributed by atoms with van der Waals surface area (Å²) in [5.41, 5.74) is -0.156. The van der Waals surface area contributed by atoms with Crippen molar-refractivity contribution in [3.63, 3.8) is 0 Å². The van der Waals surface area contributed by atoms with Gasteiger partial charge in [-0.05, 0) is 13.3 Å². The minimum absolute atomic E-state index is 0.113. The molecule has 3 heteroatoms. The Kier molecular flexibility index (Phi) is 6.17. The molecule has 0 aromatic heterocycles. The molecule has 0 spiro atoms. The first kappa shape index (κ1) is 10.3. The molecule has 0 heterocycles. The second kappa shape index (κ2) is 6.01. The highest BCUT2D eigenvalue weighted by molar-refractivity contribution is 7.80. The number of rotatable bonds is 5. The van der Waals surface area contributed by atoms with E-state index >= 15 is 0 Å². The minimum Gasteiger partial charge on any atom is -0.356 e. The van der Waals surface area contributed by atoms with Gasteiger partial charge in [0.25, 0.3) is 0 Å². The zero-order chi connectivity index (χ0) is 7.98. The molecule has 0 bridgehead atoms. The van der Waals surface area contributed by atoms with E-state index in [0.29, 0.717) is 0 Å². The summed E-state index contributed by atoms with van der Waals surface area (Å²) < 4.78 is 10.2. The van der Waals surface area contributed by atoms with Crippen LogP contribution in [-0.2, 0) is 9.47 Å². The van der Waals surface area contributed by atoms with Gasteiger partial charge in [0.1, 0.15) is 5.44 Å². The van der Waals surface area contributed by atoms with Crippen molar-refractivity contribution in [2.45, 2.75) is 38.4 Å². The van der Waals surface area contributed by atoms with Crippen LogP contribution in [0.15, 0.2) is 0 Å². The van der Waals surface area contributed by atoms with Gasteiger partial charge in [-0.25, -0.2) is 0 Å². The molecule has 2 nitrogen and oxygen atoms in total. The maximum Gasteiger partial charge on any atom is 0.158 e. The Morgan fingerprint density at radius 3 is 2.40 bits per heavy atom. The van der Waals surface area contributed by atoms with E-state index in [2.05, 4.69) is 6.92 Å². The van der Waals surface area contributed by atoms with Gasteiger partial charge in [-0.3, -0.25) is 0 Å². The molecule has 1 radical (unpaired) electrons. The maximum absolute atomic E-state index is 5.23. The highest BCUT2D eigenvalue weighted by atomic mass is 32.1. The standard InChI is InChI=1S/C7H15O2S/c1-4-5-7(8-3)9-6(2)10/h6-7H,4-5H2,1-3H3. The van der Waals surface area contributed by atoms with Crippen molar-refractivity contribution in [1.82, 2.24) is 0 Å². The van der Waals surface area contributed by atoms with E-state index in [1.165, 1.54) is 0 Å². The Labute approximate surface area is 68.3 Å². The van der Waals surface area contributed by atoms with Crippen LogP contribution in [0.3, 0.4) is 0 Å². The molecular formula is C7H15O2S. The van der Waals surface area contributed by atoms with Crippen molar-refractivity contribution in [2.24, 2.45) is 0 Å². The molecule has 0 aliphatic carbocycles. The van der Waals surface area contributed by atoms with Gasteiger partial charge in [-0.15, -0.1) is 0 Å². The third-order valence-electron chi connectivity index (χ3n) is 1.13. The van der Waals surface area contributed by atoms with Crippen LogP contribution in [-0.4, -0.2) is 18.8 Å². The quantitative estimate of drug-likeness (QED) is 0.579. The van der Waals surface area contributed by atoms with E-state index in [1.807, 2.05) is 6.92 Å². The molecule has 61 valence electrons. The van der Waals surface area contributed by atoms with Crippen LogP contribution in [0, 0.1) is 0 Å². The summed E-state index contributed by atoms with van der Waals surface area (Å²) in [5, 5.41) is 0. The molecule has 0 aromatic rings. The van der Waals surface area contributed by atoms with Gasteiger partial charge in [0.15, 0.2) is 6.29 Å². The Morgan fingerprint density at radius 1 is 1.50 bits per heavy atom. The molecule has 2 atom stereocenters. The zero-order valence-electron chi connectivity index (χ0n) is 6.79. The summed E-state index contributed by atoms with van der Waals surface area (Å²) in [4.78, 5) is 0. The lowest BCUT2D eigenvalue weighted by Crippen LogP contribution is -2.18. The average Bonchev–Trinajstić information content (AvgIpc) is 1.86. The number of ether oxygens (including phenoxy) is 2. The molecular weight excluding hydrogens is 148 g/mol. The van der Waals surface area contributed by atoms with E-state index < -0.39 is 0 Å². The third-order valence-corrected chi connectivity index (χ3v) is 1.24. The second-order valence-electron chi connectivity index (χ2n) is 2.16.